The van der Waals surface area contributed by atoms with Crippen molar-refractivity contribution >= 4 is 5.91 Å². The van der Waals surface area contributed by atoms with Gasteiger partial charge in [0.05, 0.1) is 18.8 Å². The molecule has 4 rings (SSSR count). The van der Waals surface area contributed by atoms with Crippen LogP contribution in [0.15, 0.2) is 30.6 Å². The molecule has 7 heteroatoms. The fourth-order valence-corrected chi connectivity index (χ4v) is 3.74. The van der Waals surface area contributed by atoms with Crippen molar-refractivity contribution in [2.24, 2.45) is 0 Å². The normalized spacial score (nSPS) is 24.1. The number of hydrogen-bond donors (Lipinski definition) is 1. The third kappa shape index (κ3) is 3.43. The second-order valence-corrected chi connectivity index (χ2v) is 6.78. The minimum absolute atomic E-state index is 0.00491. The maximum absolute atomic E-state index is 12.7. The fraction of sp³-hybridized carbons (Fsp3) is 0.500. The van der Waals surface area contributed by atoms with Crippen molar-refractivity contribution in [3.8, 4) is 0 Å². The number of ether oxygens (including phenoxy) is 1. The molecule has 0 bridgehead atoms. The van der Waals surface area contributed by atoms with Crippen LogP contribution in [0.4, 0.5) is 0 Å². The van der Waals surface area contributed by atoms with Crippen molar-refractivity contribution in [3.63, 3.8) is 0 Å². The summed E-state index contributed by atoms with van der Waals surface area (Å²) in [4.78, 5) is 21.3. The number of likely N-dealkylation sites (tertiary alicyclic amines) is 1. The summed E-state index contributed by atoms with van der Waals surface area (Å²) < 4.78 is 5.97. The van der Waals surface area contributed by atoms with Gasteiger partial charge in [0, 0.05) is 44.3 Å². The van der Waals surface area contributed by atoms with Crippen LogP contribution in [-0.4, -0.2) is 69.3 Å². The number of carbonyl (C=O) groups is 1. The molecule has 7 nitrogen and oxygen atoms in total. The van der Waals surface area contributed by atoms with Gasteiger partial charge in [0.2, 0.25) is 0 Å². The minimum atomic E-state index is -0.00491. The number of rotatable bonds is 3. The summed E-state index contributed by atoms with van der Waals surface area (Å²) in [6, 6.07) is 6.07. The van der Waals surface area contributed by atoms with Crippen LogP contribution in [0.25, 0.3) is 0 Å². The number of pyridine rings is 1. The van der Waals surface area contributed by atoms with Gasteiger partial charge in [-0.3, -0.25) is 19.8 Å². The SMILES string of the molecule is Cc1cc(C(=O)N2CC[C@@H]3OCCN(Cc4cccnc4)[C@H]3C2)n[nH]1. The second-order valence-electron chi connectivity index (χ2n) is 6.78. The van der Waals surface area contributed by atoms with E-state index in [2.05, 4.69) is 26.1 Å². The Bertz CT molecular complexity index is 732. The molecular weight excluding hydrogens is 318 g/mol. The van der Waals surface area contributed by atoms with Gasteiger partial charge in [-0.2, -0.15) is 5.10 Å². The van der Waals surface area contributed by atoms with Crippen LogP contribution in [0.5, 0.6) is 0 Å². The molecule has 0 unspecified atom stereocenters. The molecule has 2 aromatic rings. The number of morpholine rings is 1. The molecule has 2 atom stereocenters. The standard InChI is InChI=1S/C18H23N5O2/c1-13-9-15(21-20-13)18(24)23-6-4-17-16(12-23)22(7-8-25-17)11-14-3-2-5-19-10-14/h2-3,5,9-10,16-17H,4,6-8,11-12H2,1H3,(H,20,21)/t16-,17-/m0/s1. The fourth-order valence-electron chi connectivity index (χ4n) is 3.74. The smallest absolute Gasteiger partial charge is 0.274 e. The van der Waals surface area contributed by atoms with Crippen molar-refractivity contribution < 1.29 is 9.53 Å². The van der Waals surface area contributed by atoms with Gasteiger partial charge in [0.15, 0.2) is 0 Å². The first-order valence-corrected chi connectivity index (χ1v) is 8.76. The Hall–Kier alpha value is -2.25. The summed E-state index contributed by atoms with van der Waals surface area (Å²) in [7, 11) is 0. The van der Waals surface area contributed by atoms with Crippen LogP contribution in [0, 0.1) is 6.92 Å². The summed E-state index contributed by atoms with van der Waals surface area (Å²) in [5.74, 6) is -0.00491. The average Bonchev–Trinajstić information content (AvgIpc) is 3.08. The van der Waals surface area contributed by atoms with Crippen LogP contribution in [0.3, 0.4) is 0 Å². The predicted octanol–water partition coefficient (Wildman–Crippen LogP) is 1.23. The lowest BCUT2D eigenvalue weighted by molar-refractivity contribution is -0.101. The zero-order valence-corrected chi connectivity index (χ0v) is 14.4. The Kier molecular flexibility index (Phi) is 4.50. The van der Waals surface area contributed by atoms with E-state index in [1.807, 2.05) is 24.1 Å². The van der Waals surface area contributed by atoms with E-state index in [1.165, 1.54) is 5.56 Å². The van der Waals surface area contributed by atoms with Gasteiger partial charge in [0.1, 0.15) is 5.69 Å². The highest BCUT2D eigenvalue weighted by atomic mass is 16.5. The Labute approximate surface area is 147 Å². The molecule has 2 aromatic heterocycles. The number of fused-ring (bicyclic) bond motifs is 1. The van der Waals surface area contributed by atoms with Gasteiger partial charge < -0.3 is 9.64 Å². The summed E-state index contributed by atoms with van der Waals surface area (Å²) in [5.41, 5.74) is 2.58. The number of nitrogens with one attached hydrogen (secondary N) is 1. The lowest BCUT2D eigenvalue weighted by atomic mass is 9.98. The van der Waals surface area contributed by atoms with E-state index in [-0.39, 0.29) is 18.1 Å². The molecule has 1 amide bonds. The summed E-state index contributed by atoms with van der Waals surface area (Å²) in [6.07, 6.45) is 4.75. The van der Waals surface area contributed by atoms with Crippen LogP contribution in [0.1, 0.15) is 28.2 Å². The third-order valence-corrected chi connectivity index (χ3v) is 5.02. The minimum Gasteiger partial charge on any atom is -0.375 e. The monoisotopic (exact) mass is 341 g/mol. The number of hydrogen-bond acceptors (Lipinski definition) is 5. The highest BCUT2D eigenvalue weighted by Gasteiger charge is 2.38. The van der Waals surface area contributed by atoms with Crippen molar-refractivity contribution in [2.75, 3.05) is 26.2 Å². The maximum Gasteiger partial charge on any atom is 0.274 e. The number of aromatic nitrogens is 3. The number of amides is 1. The first-order chi connectivity index (χ1) is 12.2. The number of aryl methyl sites for hydroxylation is 1. The molecule has 0 radical (unpaired) electrons. The van der Waals surface area contributed by atoms with E-state index >= 15 is 0 Å². The molecular formula is C18H23N5O2. The molecule has 2 saturated heterocycles. The highest BCUT2D eigenvalue weighted by molar-refractivity contribution is 5.92. The van der Waals surface area contributed by atoms with Crippen LogP contribution >= 0.6 is 0 Å². The molecule has 25 heavy (non-hydrogen) atoms. The summed E-state index contributed by atoms with van der Waals surface area (Å²) in [5, 5.41) is 6.96. The topological polar surface area (TPSA) is 74.3 Å². The lowest BCUT2D eigenvalue weighted by Gasteiger charge is -2.47. The van der Waals surface area contributed by atoms with Gasteiger partial charge in [-0.15, -0.1) is 0 Å². The van der Waals surface area contributed by atoms with Crippen molar-refractivity contribution in [3.05, 3.63) is 47.5 Å². The van der Waals surface area contributed by atoms with E-state index in [0.29, 0.717) is 18.8 Å². The molecule has 0 saturated carbocycles. The Balaban J connectivity index is 1.48. The first kappa shape index (κ1) is 16.2. The Morgan fingerprint density at radius 2 is 2.36 bits per heavy atom. The zero-order chi connectivity index (χ0) is 17.2. The van der Waals surface area contributed by atoms with Gasteiger partial charge >= 0.3 is 0 Å². The second kappa shape index (κ2) is 6.93. The molecule has 0 spiro atoms. The van der Waals surface area contributed by atoms with E-state index in [0.717, 1.165) is 31.8 Å². The van der Waals surface area contributed by atoms with E-state index in [1.54, 1.807) is 12.3 Å². The average molecular weight is 341 g/mol. The van der Waals surface area contributed by atoms with Crippen molar-refractivity contribution in [1.82, 2.24) is 25.0 Å². The lowest BCUT2D eigenvalue weighted by Crippen LogP contribution is -2.60. The molecule has 132 valence electrons. The quantitative estimate of drug-likeness (QED) is 0.909. The molecule has 2 aliphatic rings. The Morgan fingerprint density at radius 3 is 3.12 bits per heavy atom. The molecule has 4 heterocycles. The van der Waals surface area contributed by atoms with Crippen LogP contribution in [0.2, 0.25) is 0 Å². The molecule has 2 fully saturated rings. The van der Waals surface area contributed by atoms with Gasteiger partial charge in [-0.1, -0.05) is 6.07 Å². The third-order valence-electron chi connectivity index (χ3n) is 5.02. The molecule has 1 N–H and O–H groups in total. The number of piperidine rings is 1. The van der Waals surface area contributed by atoms with Gasteiger partial charge in [0.25, 0.3) is 5.91 Å². The highest BCUT2D eigenvalue weighted by Crippen LogP contribution is 2.25. The van der Waals surface area contributed by atoms with Crippen molar-refractivity contribution in [2.45, 2.75) is 32.0 Å². The summed E-state index contributed by atoms with van der Waals surface area (Å²) >= 11 is 0. The molecule has 0 aliphatic carbocycles. The van der Waals surface area contributed by atoms with Crippen molar-refractivity contribution in [1.29, 1.82) is 0 Å². The number of H-pyrrole nitrogens is 1. The Morgan fingerprint density at radius 1 is 1.44 bits per heavy atom. The van der Waals surface area contributed by atoms with Gasteiger partial charge in [-0.25, -0.2) is 0 Å². The van der Waals surface area contributed by atoms with E-state index < -0.39 is 0 Å². The van der Waals surface area contributed by atoms with Crippen LogP contribution in [-0.2, 0) is 11.3 Å². The largest absolute Gasteiger partial charge is 0.375 e. The predicted molar refractivity (Wildman–Crippen MR) is 92.0 cm³/mol. The number of carbonyl (C=O) groups excluding carboxylic acids is 1. The molecule has 0 aromatic carbocycles. The van der Waals surface area contributed by atoms with E-state index in [4.69, 9.17) is 4.74 Å². The van der Waals surface area contributed by atoms with Crippen LogP contribution < -0.4 is 0 Å². The summed E-state index contributed by atoms with van der Waals surface area (Å²) in [6.45, 7) is 5.75. The van der Waals surface area contributed by atoms with E-state index in [9.17, 15) is 4.79 Å². The zero-order valence-electron chi connectivity index (χ0n) is 14.4. The maximum atomic E-state index is 12.7. The molecule has 2 aliphatic heterocycles. The van der Waals surface area contributed by atoms with Gasteiger partial charge in [-0.05, 0) is 31.0 Å². The number of aromatic amines is 1. The first-order valence-electron chi connectivity index (χ1n) is 8.76. The number of nitrogens with zero attached hydrogens (tertiary/aromatic N) is 4.